The van der Waals surface area contributed by atoms with Gasteiger partial charge in [-0.1, -0.05) is 86.4 Å². The van der Waals surface area contributed by atoms with E-state index < -0.39 is 0 Å². The van der Waals surface area contributed by atoms with Crippen molar-refractivity contribution in [2.75, 3.05) is 231 Å². The number of epoxide rings is 5. The maximum Gasteiger partial charge on any atom is 0.146 e. The first-order valence-electron chi connectivity index (χ1n) is 24.1. The van der Waals surface area contributed by atoms with Crippen LogP contribution in [0.1, 0.15) is 0 Å². The normalized spacial score (nSPS) is 21.0. The van der Waals surface area contributed by atoms with E-state index in [-0.39, 0.29) is 0 Å². The molecule has 5 fully saturated rings. The molecule has 0 spiro atoms. The molecule has 71 heavy (non-hydrogen) atoms. The Morgan fingerprint density at radius 1 is 0.282 bits per heavy atom. The van der Waals surface area contributed by atoms with E-state index in [4.69, 9.17) is 71.1 Å². The maximum atomic E-state index is 5.65. The first-order valence-corrected chi connectivity index (χ1v) is 39.7. The quantitative estimate of drug-likeness (QED) is 0.0247. The molecule has 0 bridgehead atoms. The summed E-state index contributed by atoms with van der Waals surface area (Å²) >= 11 is 9.40. The van der Waals surface area contributed by atoms with E-state index in [1.165, 1.54) is 0 Å². The van der Waals surface area contributed by atoms with Gasteiger partial charge in [-0.2, -0.15) is 58.8 Å². The van der Waals surface area contributed by atoms with Crippen molar-refractivity contribution < 1.29 is 71.1 Å². The van der Waals surface area contributed by atoms with Crippen molar-refractivity contribution in [3.05, 3.63) is 0 Å². The SMILES string of the molecule is C(CSCC1CO1)OCOCCSSCC(CSSCCOCOCCSCC1CO1)SSCCOCOCCSCC1CO1.C(CSCC1CO1)OCOCCSSCCOCOCCSCC1CO1. The molecule has 0 aromatic heterocycles. The minimum Gasteiger partial charge on any atom is -0.372 e. The first kappa shape index (κ1) is 67.5. The van der Waals surface area contributed by atoms with Crippen LogP contribution in [-0.2, 0) is 71.1 Å². The minimum atomic E-state index is 0.373. The molecule has 0 saturated carbocycles. The highest BCUT2D eigenvalue weighted by Gasteiger charge is 2.24. The van der Waals surface area contributed by atoms with E-state index in [2.05, 4.69) is 0 Å². The first-order chi connectivity index (χ1) is 35.3. The van der Waals surface area contributed by atoms with Crippen molar-refractivity contribution >= 4 is 145 Å². The van der Waals surface area contributed by atoms with E-state index in [0.29, 0.717) is 103 Å². The fraction of sp³-hybridized carbons (Fsp3) is 1.00. The molecule has 0 aromatic rings. The van der Waals surface area contributed by atoms with Gasteiger partial charge in [-0.15, -0.1) is 0 Å². The van der Waals surface area contributed by atoms with Crippen molar-refractivity contribution in [1.29, 1.82) is 0 Å². The Hall–Kier alpha value is 3.95. The summed E-state index contributed by atoms with van der Waals surface area (Å²) in [4.78, 5) is 0. The van der Waals surface area contributed by atoms with Crippen molar-refractivity contribution in [3.63, 3.8) is 0 Å². The van der Waals surface area contributed by atoms with Crippen LogP contribution in [0.2, 0.25) is 0 Å². The van der Waals surface area contributed by atoms with Gasteiger partial charge in [-0.25, -0.2) is 0 Å². The Morgan fingerprint density at radius 2 is 0.493 bits per heavy atom. The Morgan fingerprint density at radius 3 is 0.732 bits per heavy atom. The Balaban J connectivity index is 0.000000356. The summed E-state index contributed by atoms with van der Waals surface area (Å²) in [6.07, 6.45) is 2.45. The molecule has 5 saturated heterocycles. The molecule has 0 aromatic carbocycles. The highest BCUT2D eigenvalue weighted by atomic mass is 33.1. The van der Waals surface area contributed by atoms with Gasteiger partial charge in [0.1, 0.15) is 34.0 Å². The average Bonchev–Trinajstić information content (AvgIpc) is 4.16. The van der Waals surface area contributed by atoms with Gasteiger partial charge in [-0.3, -0.25) is 0 Å². The van der Waals surface area contributed by atoms with Crippen LogP contribution in [0.3, 0.4) is 0 Å². The zero-order chi connectivity index (χ0) is 49.4. The molecule has 5 aliphatic rings. The van der Waals surface area contributed by atoms with Gasteiger partial charge in [0.25, 0.3) is 0 Å². The predicted molar refractivity (Wildman–Crippen MR) is 318 cm³/mol. The summed E-state index contributed by atoms with van der Waals surface area (Å²) in [6.45, 7) is 13.8. The molecule has 0 amide bonds. The van der Waals surface area contributed by atoms with Crippen molar-refractivity contribution in [3.8, 4) is 0 Å². The topological polar surface area (TPSA) is 155 Å². The molecular formula is C43H80O15S13. The van der Waals surface area contributed by atoms with Gasteiger partial charge in [0.2, 0.25) is 0 Å². The smallest absolute Gasteiger partial charge is 0.146 e. The lowest BCUT2D eigenvalue weighted by Crippen LogP contribution is -2.09. The van der Waals surface area contributed by atoms with Gasteiger partial charge < -0.3 is 71.1 Å². The van der Waals surface area contributed by atoms with E-state index in [9.17, 15) is 0 Å². The average molecular weight is 1250 g/mol. The van der Waals surface area contributed by atoms with Crippen LogP contribution in [0, 0.1) is 0 Å². The highest BCUT2D eigenvalue weighted by molar-refractivity contribution is 8.79. The standard InChI is InChI=1S/C27H50O9S9.C16H30O6S4/c1(7-37-16-24-13-34-24)28-21-31-4-10-40-43-19-27(45-42-12-6-33-23-30-3-9-39-18-26-15-36-26)20-44-41-11-5-32-22-29-2-8-38-17-25-14-35-25;1(5-23-11-15-9-21-15)17-13-19-3-7-25-26-8-4-20-14-18-2-6-24-12-16-10-22-16/h24-27H,1-23H2;15-16H,1-14H2. The van der Waals surface area contributed by atoms with E-state index in [1.54, 1.807) is 21.6 Å². The molecular weight excluding hydrogens is 1170 g/mol. The van der Waals surface area contributed by atoms with Gasteiger partial charge >= 0.3 is 0 Å². The highest BCUT2D eigenvalue weighted by Crippen LogP contribution is 2.36. The zero-order valence-corrected chi connectivity index (χ0v) is 51.7. The second kappa shape index (κ2) is 52.1. The van der Waals surface area contributed by atoms with Gasteiger partial charge in [0, 0.05) is 103 Å². The summed E-state index contributed by atoms with van der Waals surface area (Å²) in [7, 11) is 15.1. The molecule has 420 valence electrons. The number of hydrogen-bond acceptors (Lipinski definition) is 28. The van der Waals surface area contributed by atoms with Crippen molar-refractivity contribution in [1.82, 2.24) is 0 Å². The van der Waals surface area contributed by atoms with Crippen LogP contribution >= 0.6 is 145 Å². The third-order valence-corrected chi connectivity index (χ3v) is 24.5. The molecule has 5 heterocycles. The molecule has 5 unspecified atom stereocenters. The molecule has 0 aliphatic carbocycles. The third-order valence-electron chi connectivity index (χ3n) is 8.74. The lowest BCUT2D eigenvalue weighted by Gasteiger charge is -2.15. The summed E-state index contributed by atoms with van der Waals surface area (Å²) in [6, 6.07) is 0. The molecule has 15 nitrogen and oxygen atoms in total. The fourth-order valence-electron chi connectivity index (χ4n) is 4.56. The Kier molecular flexibility index (Phi) is 49.5. The minimum absolute atomic E-state index is 0.373. The number of ether oxygens (including phenoxy) is 15. The molecule has 5 atom stereocenters. The Bertz CT molecular complexity index is 1070. The molecule has 5 aliphatic heterocycles. The summed E-state index contributed by atoms with van der Waals surface area (Å²) in [5.41, 5.74) is 0. The zero-order valence-electron chi connectivity index (χ0n) is 41.1. The van der Waals surface area contributed by atoms with E-state index in [0.717, 1.165) is 164 Å². The fourth-order valence-corrected chi connectivity index (χ4v) is 18.7. The molecule has 5 rings (SSSR count). The summed E-state index contributed by atoms with van der Waals surface area (Å²) in [5.74, 6) is 17.4. The molecule has 28 heteroatoms. The van der Waals surface area contributed by atoms with E-state index in [1.807, 2.05) is 124 Å². The van der Waals surface area contributed by atoms with E-state index >= 15 is 0 Å². The van der Waals surface area contributed by atoms with Crippen LogP contribution in [-0.4, -0.2) is 267 Å². The third kappa shape index (κ3) is 51.8. The van der Waals surface area contributed by atoms with Crippen LogP contribution in [0.4, 0.5) is 0 Å². The summed E-state index contributed by atoms with van der Waals surface area (Å²) < 4.78 is 81.2. The van der Waals surface area contributed by atoms with Gasteiger partial charge in [0.05, 0.1) is 130 Å². The van der Waals surface area contributed by atoms with Crippen molar-refractivity contribution in [2.45, 2.75) is 35.8 Å². The summed E-state index contributed by atoms with van der Waals surface area (Å²) in [5, 5.41) is 0.555. The largest absolute Gasteiger partial charge is 0.372 e. The lowest BCUT2D eigenvalue weighted by atomic mass is 10.6. The number of rotatable bonds is 59. The number of hydrogen-bond donors (Lipinski definition) is 0. The molecule has 0 N–H and O–H groups in total. The second-order valence-electron chi connectivity index (χ2n) is 15.2. The van der Waals surface area contributed by atoms with Crippen LogP contribution in [0.5, 0.6) is 0 Å². The van der Waals surface area contributed by atoms with Crippen LogP contribution in [0.25, 0.3) is 0 Å². The number of thioether (sulfide) groups is 5. The predicted octanol–water partition coefficient (Wildman–Crippen LogP) is 8.48. The monoisotopic (exact) mass is 1250 g/mol. The van der Waals surface area contributed by atoms with Gasteiger partial charge in [-0.05, 0) is 0 Å². The Labute approximate surface area is 478 Å². The maximum absolute atomic E-state index is 5.65. The molecule has 0 radical (unpaired) electrons. The van der Waals surface area contributed by atoms with Crippen LogP contribution in [0.15, 0.2) is 0 Å². The second-order valence-corrected chi connectivity index (χ2v) is 31.7. The lowest BCUT2D eigenvalue weighted by molar-refractivity contribution is -0.0429. The van der Waals surface area contributed by atoms with Crippen molar-refractivity contribution in [2.24, 2.45) is 0 Å². The van der Waals surface area contributed by atoms with Gasteiger partial charge in [0.15, 0.2) is 0 Å². The van der Waals surface area contributed by atoms with Crippen LogP contribution < -0.4 is 0 Å².